The first-order valence-corrected chi connectivity index (χ1v) is 38.5. The summed E-state index contributed by atoms with van der Waals surface area (Å²) in [5.41, 5.74) is 30.7. The molecular weight excluding hydrogens is 1420 g/mol. The number of hydrogen-bond donors (Lipinski definition) is 0. The molecule has 114 heavy (non-hydrogen) atoms. The van der Waals surface area contributed by atoms with Crippen LogP contribution < -0.4 is 0 Å². The van der Waals surface area contributed by atoms with Crippen LogP contribution >= 0.6 is 11.3 Å². The molecule has 0 atom stereocenters. The van der Waals surface area contributed by atoms with Crippen molar-refractivity contribution in [2.75, 3.05) is 0 Å². The minimum absolute atomic E-state index is 0.00992. The lowest BCUT2D eigenvalue weighted by Gasteiger charge is -2.21. The van der Waals surface area contributed by atoms with E-state index in [1.165, 1.54) is 72.8 Å². The fraction of sp³-hybridized carbons (Fsp3) is 0.0500. The zero-order valence-electron chi connectivity index (χ0n) is 62.1. The zero-order valence-corrected chi connectivity index (χ0v) is 62.9. The normalized spacial score (nSPS) is 12.3. The topological polar surface area (TPSA) is 111 Å². The van der Waals surface area contributed by atoms with Gasteiger partial charge in [-0.1, -0.05) is 123 Å². The van der Waals surface area contributed by atoms with Crippen molar-refractivity contribution in [3.8, 4) is 67.5 Å². The Bertz CT molecular complexity index is 7920. The molecule has 0 spiro atoms. The van der Waals surface area contributed by atoms with Crippen LogP contribution in [-0.2, 0) is 5.41 Å². The number of fused-ring (bicyclic) bond motifs is 18. The van der Waals surface area contributed by atoms with Crippen molar-refractivity contribution in [3.05, 3.63) is 366 Å². The van der Waals surface area contributed by atoms with Crippen LogP contribution in [0.2, 0.25) is 0 Å². The Hall–Kier alpha value is -15.3. The Labute approximate surface area is 657 Å². The van der Waals surface area contributed by atoms with Crippen LogP contribution in [0.4, 0.5) is 17.1 Å². The maximum absolute atomic E-state index is 7.66. The van der Waals surface area contributed by atoms with Crippen molar-refractivity contribution in [2.45, 2.75) is 33.1 Å². The van der Waals surface area contributed by atoms with E-state index in [1.54, 1.807) is 17.6 Å². The number of furan rings is 2. The summed E-state index contributed by atoms with van der Waals surface area (Å²) in [4.78, 5) is 28.7. The highest BCUT2D eigenvalue weighted by Gasteiger charge is 2.35. The number of imidazole rings is 1. The predicted octanol–water partition coefficient (Wildman–Crippen LogP) is 27.3. The summed E-state index contributed by atoms with van der Waals surface area (Å²) in [6.07, 6.45) is 6.60. The van der Waals surface area contributed by atoms with Crippen molar-refractivity contribution >= 4 is 148 Å². The molecule has 0 N–H and O–H groups in total. The number of aryl methyl sites for hydroxylation is 2. The van der Waals surface area contributed by atoms with E-state index in [9.17, 15) is 0 Å². The van der Waals surface area contributed by atoms with Gasteiger partial charge in [-0.2, -0.15) is 0 Å². The van der Waals surface area contributed by atoms with Crippen molar-refractivity contribution in [1.29, 1.82) is 0 Å². The number of hydrogen-bond acceptors (Lipinski definition) is 7. The van der Waals surface area contributed by atoms with Gasteiger partial charge in [-0.05, 0) is 266 Å². The molecule has 0 unspecified atom stereocenters. The smallest absolute Gasteiger partial charge is 0.188 e. The summed E-state index contributed by atoms with van der Waals surface area (Å²) < 4.78 is 21.9. The Morgan fingerprint density at radius 2 is 0.930 bits per heavy atom. The lowest BCUT2D eigenvalue weighted by Crippen LogP contribution is -2.14. The quantitative estimate of drug-likeness (QED) is 0.147. The summed E-state index contributed by atoms with van der Waals surface area (Å²) in [6, 6.07) is 97.1. The molecule has 0 bridgehead atoms. The summed E-state index contributed by atoms with van der Waals surface area (Å²) in [7, 11) is 0. The van der Waals surface area contributed by atoms with Gasteiger partial charge in [0.1, 0.15) is 35.7 Å². The van der Waals surface area contributed by atoms with Crippen LogP contribution in [0.3, 0.4) is 0 Å². The SMILES string of the molecule is [C-]#[N+]c1ccc2c(c1)c1cc(-c3ccc4c(c3)-c3ccccc3C4(C)C)cc(C)c1n2-c1ccc2occc2c1.[C-]#[N+]c1ccc2c(c1)c1cc(-c3ccc4oc5ccccc5c4c3)cc(C)c1n2-c1ccc2sccc2c1.[C-]#[N+]c1ccc2c(c1)c1cccc(-c3ncncn3)c1n2-c1ccc2c(c1)ncn2-c1ccccc1. The van der Waals surface area contributed by atoms with Gasteiger partial charge in [-0.25, -0.2) is 34.5 Å². The van der Waals surface area contributed by atoms with E-state index in [2.05, 4.69) is 263 Å². The minimum atomic E-state index is -0.00992. The molecule has 14 aromatic carbocycles. The first-order chi connectivity index (χ1) is 55.9. The van der Waals surface area contributed by atoms with Crippen LogP contribution in [0.15, 0.2) is 319 Å². The third-order valence-corrected chi connectivity index (χ3v) is 23.7. The molecule has 8 aromatic heterocycles. The van der Waals surface area contributed by atoms with Crippen LogP contribution in [0, 0.1) is 33.6 Å². The van der Waals surface area contributed by atoms with Gasteiger partial charge in [0, 0.05) is 70.7 Å². The van der Waals surface area contributed by atoms with Crippen LogP contribution in [0.5, 0.6) is 0 Å². The minimum Gasteiger partial charge on any atom is -0.464 e. The first kappa shape index (κ1) is 66.9. The number of thiophene rings is 1. The fourth-order valence-electron chi connectivity index (χ4n) is 17.6. The molecule has 0 saturated heterocycles. The Morgan fingerprint density at radius 1 is 0.377 bits per heavy atom. The molecular formula is C100H63N11O2S. The number of aromatic nitrogens is 8. The molecule has 536 valence electrons. The largest absolute Gasteiger partial charge is 0.464 e. The average molecular weight is 1480 g/mol. The Balaban J connectivity index is 0.000000108. The molecule has 1 aliphatic rings. The van der Waals surface area contributed by atoms with Crippen LogP contribution in [0.1, 0.15) is 36.1 Å². The van der Waals surface area contributed by atoms with Crippen LogP contribution in [-0.4, -0.2) is 38.2 Å². The molecule has 0 amide bonds. The summed E-state index contributed by atoms with van der Waals surface area (Å²) in [6.45, 7) is 31.8. The molecule has 0 fully saturated rings. The van der Waals surface area contributed by atoms with E-state index < -0.39 is 0 Å². The number of nitrogens with zero attached hydrogens (tertiary/aromatic N) is 11. The highest BCUT2D eigenvalue weighted by Crippen LogP contribution is 2.51. The van der Waals surface area contributed by atoms with Gasteiger partial charge in [0.25, 0.3) is 0 Å². The molecule has 22 aromatic rings. The molecule has 13 nitrogen and oxygen atoms in total. The van der Waals surface area contributed by atoms with Gasteiger partial charge in [-0.15, -0.1) is 11.3 Å². The molecule has 0 saturated carbocycles. The third-order valence-electron chi connectivity index (χ3n) is 22.8. The highest BCUT2D eigenvalue weighted by atomic mass is 32.1. The standard InChI is InChI=1S/C37H26N2O.C34H20N2OS.C29H17N7/c1-22-17-25(23-9-12-33-29(19-23)28-7-5-6-8-32(28)37(33,2)3)20-31-30-21-26(38-4)10-13-34(30)39(36(22)31)27-11-14-35-24(18-27)15-16-40-35;1-20-15-23(21-7-11-32-28(17-21)26-5-3-4-6-31(26)37-32)18-29-27-19-24(35-2)8-10-30(27)36(34(20)29)25-9-12-33-22(16-25)13-14-38-33;1-30-19-10-12-26-24(14-19)22-8-5-9-23(29-32-16-31-17-33-29)28(22)36(26)21-11-13-27-25(15-21)34-18-35(27)20-6-3-2-4-7-20/h5-21H,1-3H3;3-19H,1H3;2-18H. The second-order valence-corrected chi connectivity index (χ2v) is 30.6. The van der Waals surface area contributed by atoms with Crippen LogP contribution in [0.25, 0.3) is 201 Å². The van der Waals surface area contributed by atoms with Crippen molar-refractivity contribution < 1.29 is 8.83 Å². The number of para-hydroxylation sites is 3. The van der Waals surface area contributed by atoms with Crippen molar-refractivity contribution in [3.63, 3.8) is 0 Å². The fourth-order valence-corrected chi connectivity index (χ4v) is 18.3. The van der Waals surface area contributed by atoms with Gasteiger partial charge < -0.3 is 22.5 Å². The van der Waals surface area contributed by atoms with Gasteiger partial charge in [0.2, 0.25) is 0 Å². The number of rotatable bonds is 7. The second-order valence-electron chi connectivity index (χ2n) is 29.6. The van der Waals surface area contributed by atoms with Gasteiger partial charge in [0.05, 0.1) is 70.1 Å². The zero-order chi connectivity index (χ0) is 76.6. The maximum atomic E-state index is 7.66. The van der Waals surface area contributed by atoms with E-state index >= 15 is 0 Å². The Morgan fingerprint density at radius 3 is 1.64 bits per heavy atom. The van der Waals surface area contributed by atoms with E-state index in [1.807, 2.05) is 103 Å². The van der Waals surface area contributed by atoms with E-state index in [0.29, 0.717) is 22.9 Å². The van der Waals surface area contributed by atoms with E-state index in [0.717, 1.165) is 143 Å². The third kappa shape index (κ3) is 10.7. The molecule has 8 heterocycles. The summed E-state index contributed by atoms with van der Waals surface area (Å²) in [5.74, 6) is 0.597. The van der Waals surface area contributed by atoms with Gasteiger partial charge in [0.15, 0.2) is 22.9 Å². The Kier molecular flexibility index (Phi) is 15.4. The van der Waals surface area contributed by atoms with Gasteiger partial charge >= 0.3 is 0 Å². The maximum Gasteiger partial charge on any atom is 0.188 e. The molecule has 14 heteroatoms. The molecule has 0 aliphatic heterocycles. The van der Waals surface area contributed by atoms with E-state index in [4.69, 9.17) is 33.5 Å². The summed E-state index contributed by atoms with van der Waals surface area (Å²) >= 11 is 1.76. The molecule has 23 rings (SSSR count). The first-order valence-electron chi connectivity index (χ1n) is 37.6. The lowest BCUT2D eigenvalue weighted by atomic mass is 9.82. The molecule has 0 radical (unpaired) electrons. The summed E-state index contributed by atoms with van der Waals surface area (Å²) in [5, 5.41) is 13.2. The highest BCUT2D eigenvalue weighted by molar-refractivity contribution is 7.17. The van der Waals surface area contributed by atoms with Crippen molar-refractivity contribution in [1.82, 2.24) is 38.2 Å². The second kappa shape index (κ2) is 26.2. The monoisotopic (exact) mass is 1480 g/mol. The molecule has 1 aliphatic carbocycles. The van der Waals surface area contributed by atoms with Gasteiger partial charge in [-0.3, -0.25) is 4.57 Å². The average Bonchev–Trinajstić information content (AvgIpc) is 1.50. The number of benzene rings is 14. The lowest BCUT2D eigenvalue weighted by molar-refractivity contribution is 0.616. The van der Waals surface area contributed by atoms with Crippen molar-refractivity contribution in [2.24, 2.45) is 0 Å². The van der Waals surface area contributed by atoms with E-state index in [-0.39, 0.29) is 5.41 Å². The predicted molar refractivity (Wildman–Crippen MR) is 465 cm³/mol.